The lowest BCUT2D eigenvalue weighted by molar-refractivity contribution is 0.576. The fourth-order valence-corrected chi connectivity index (χ4v) is 3.01. The number of hydrogen-bond donors (Lipinski definition) is 0. The van der Waals surface area contributed by atoms with E-state index in [0.29, 0.717) is 27.5 Å². The summed E-state index contributed by atoms with van der Waals surface area (Å²) in [5.41, 5.74) is 2.59. The molecular formula is C15H9BrCl2N2O. The van der Waals surface area contributed by atoms with Gasteiger partial charge in [0.1, 0.15) is 10.3 Å². The topological polar surface area (TPSA) is 38.9 Å². The third kappa shape index (κ3) is 2.71. The van der Waals surface area contributed by atoms with Gasteiger partial charge < -0.3 is 4.42 Å². The molecule has 0 saturated carbocycles. The molecule has 0 aliphatic carbocycles. The van der Waals surface area contributed by atoms with Crippen molar-refractivity contribution >= 4 is 39.1 Å². The maximum absolute atomic E-state index is 6.32. The zero-order valence-corrected chi connectivity index (χ0v) is 14.0. The number of nitrogens with zero attached hydrogens (tertiary/aromatic N) is 2. The molecular weight excluding hydrogens is 375 g/mol. The molecule has 0 fully saturated rings. The monoisotopic (exact) mass is 382 g/mol. The van der Waals surface area contributed by atoms with Crippen LogP contribution in [0.1, 0.15) is 5.56 Å². The van der Waals surface area contributed by atoms with Crippen LogP contribution in [0.4, 0.5) is 0 Å². The summed E-state index contributed by atoms with van der Waals surface area (Å²) in [5.74, 6) is 0.842. The molecule has 0 amide bonds. The Hall–Kier alpha value is -1.36. The zero-order chi connectivity index (χ0) is 15.0. The Morgan fingerprint density at radius 3 is 2.29 bits per heavy atom. The van der Waals surface area contributed by atoms with Gasteiger partial charge in [0.2, 0.25) is 0 Å². The highest BCUT2D eigenvalue weighted by molar-refractivity contribution is 9.10. The number of aryl methyl sites for hydroxylation is 1. The third-order valence-electron chi connectivity index (χ3n) is 3.06. The van der Waals surface area contributed by atoms with E-state index in [1.165, 1.54) is 0 Å². The van der Waals surface area contributed by atoms with Crippen molar-refractivity contribution in [1.82, 2.24) is 9.97 Å². The maximum atomic E-state index is 6.32. The molecule has 6 heteroatoms. The van der Waals surface area contributed by atoms with E-state index in [-0.39, 0.29) is 0 Å². The van der Waals surface area contributed by atoms with E-state index in [0.717, 1.165) is 15.6 Å². The van der Waals surface area contributed by atoms with Gasteiger partial charge in [0.15, 0.2) is 11.6 Å². The Morgan fingerprint density at radius 2 is 1.71 bits per heavy atom. The van der Waals surface area contributed by atoms with Crippen LogP contribution in [0.3, 0.4) is 0 Å². The average molecular weight is 384 g/mol. The molecule has 3 nitrogen and oxygen atoms in total. The number of rotatable bonds is 2. The van der Waals surface area contributed by atoms with Crippen LogP contribution >= 0.6 is 39.1 Å². The zero-order valence-electron chi connectivity index (χ0n) is 10.9. The lowest BCUT2D eigenvalue weighted by atomic mass is 10.0. The van der Waals surface area contributed by atoms with Gasteiger partial charge >= 0.3 is 0 Å². The van der Waals surface area contributed by atoms with Gasteiger partial charge in [-0.1, -0.05) is 47.5 Å². The Balaban J connectivity index is 2.18. The van der Waals surface area contributed by atoms with Crippen LogP contribution in [-0.2, 0) is 0 Å². The van der Waals surface area contributed by atoms with Crippen LogP contribution in [0.15, 0.2) is 45.5 Å². The molecule has 0 radical (unpaired) electrons. The number of hydrogen-bond acceptors (Lipinski definition) is 3. The third-order valence-corrected chi connectivity index (χ3v) is 4.23. The molecule has 0 aliphatic heterocycles. The molecule has 0 spiro atoms. The molecule has 0 N–H and O–H groups in total. The van der Waals surface area contributed by atoms with E-state index in [1.54, 1.807) is 12.3 Å². The summed E-state index contributed by atoms with van der Waals surface area (Å²) in [7, 11) is 0. The highest BCUT2D eigenvalue weighted by Gasteiger charge is 2.18. The van der Waals surface area contributed by atoms with E-state index in [4.69, 9.17) is 27.6 Å². The summed E-state index contributed by atoms with van der Waals surface area (Å²) < 4.78 is 6.09. The first kappa shape index (κ1) is 14.6. The normalized spacial score (nSPS) is 10.9. The molecule has 3 aromatic rings. The van der Waals surface area contributed by atoms with Crippen molar-refractivity contribution in [2.75, 3.05) is 0 Å². The minimum absolute atomic E-state index is 0.294. The van der Waals surface area contributed by atoms with Crippen LogP contribution in [0.2, 0.25) is 10.3 Å². The van der Waals surface area contributed by atoms with Crippen molar-refractivity contribution < 1.29 is 4.42 Å². The molecule has 0 aliphatic rings. The summed E-state index contributed by atoms with van der Waals surface area (Å²) >= 11 is 16.0. The molecule has 2 heterocycles. The van der Waals surface area contributed by atoms with Gasteiger partial charge in [0, 0.05) is 0 Å². The van der Waals surface area contributed by atoms with Crippen molar-refractivity contribution in [3.8, 4) is 22.7 Å². The van der Waals surface area contributed by atoms with E-state index in [1.807, 2.05) is 31.2 Å². The van der Waals surface area contributed by atoms with Gasteiger partial charge in [-0.05, 0) is 40.0 Å². The van der Waals surface area contributed by atoms with E-state index in [9.17, 15) is 0 Å². The Bertz CT molecular complexity index is 794. The average Bonchev–Trinajstić information content (AvgIpc) is 2.86. The standard InChI is InChI=1S/C15H9BrCl2N2O/c1-8-4-2-3-5-9(8)11-13(17)19-15(20-14(11)18)12-10(16)6-7-21-12/h2-7H,1H3. The van der Waals surface area contributed by atoms with Gasteiger partial charge in [-0.2, -0.15) is 0 Å². The minimum atomic E-state index is 0.294. The van der Waals surface area contributed by atoms with Gasteiger partial charge in [-0.25, -0.2) is 9.97 Å². The first-order chi connectivity index (χ1) is 10.1. The largest absolute Gasteiger partial charge is 0.460 e. The van der Waals surface area contributed by atoms with Crippen molar-refractivity contribution in [1.29, 1.82) is 0 Å². The van der Waals surface area contributed by atoms with Crippen molar-refractivity contribution in [3.05, 3.63) is 56.9 Å². The molecule has 3 rings (SSSR count). The predicted octanol–water partition coefficient (Wildman–Crippen LogP) is 5.78. The number of halogens is 3. The number of benzene rings is 1. The second-order valence-corrected chi connectivity index (χ2v) is 5.99. The highest BCUT2D eigenvalue weighted by atomic mass is 79.9. The van der Waals surface area contributed by atoms with E-state index < -0.39 is 0 Å². The minimum Gasteiger partial charge on any atom is -0.460 e. The SMILES string of the molecule is Cc1ccccc1-c1c(Cl)nc(-c2occc2Br)nc1Cl. The predicted molar refractivity (Wildman–Crippen MR) is 87.6 cm³/mol. The van der Waals surface area contributed by atoms with Crippen LogP contribution < -0.4 is 0 Å². The molecule has 1 aromatic carbocycles. The Labute approximate surface area is 140 Å². The smallest absolute Gasteiger partial charge is 0.199 e. The number of aromatic nitrogens is 2. The second kappa shape index (κ2) is 5.79. The summed E-state index contributed by atoms with van der Waals surface area (Å²) in [6.45, 7) is 1.99. The summed E-state index contributed by atoms with van der Waals surface area (Å²) in [4.78, 5) is 8.60. The lowest BCUT2D eigenvalue weighted by Crippen LogP contribution is -1.95. The first-order valence-electron chi connectivity index (χ1n) is 6.10. The summed E-state index contributed by atoms with van der Waals surface area (Å²) in [6, 6.07) is 9.56. The lowest BCUT2D eigenvalue weighted by Gasteiger charge is -2.10. The quantitative estimate of drug-likeness (QED) is 0.526. The fraction of sp³-hybridized carbons (Fsp3) is 0.0667. The van der Waals surface area contributed by atoms with Crippen LogP contribution in [0.25, 0.3) is 22.7 Å². The number of furan rings is 1. The fourth-order valence-electron chi connectivity index (χ4n) is 2.04. The molecule has 0 atom stereocenters. The maximum Gasteiger partial charge on any atom is 0.199 e. The molecule has 2 aromatic heterocycles. The van der Waals surface area contributed by atoms with E-state index in [2.05, 4.69) is 25.9 Å². The van der Waals surface area contributed by atoms with Gasteiger partial charge in [0.05, 0.1) is 16.3 Å². The van der Waals surface area contributed by atoms with Crippen LogP contribution in [-0.4, -0.2) is 9.97 Å². The van der Waals surface area contributed by atoms with Crippen molar-refractivity contribution in [2.24, 2.45) is 0 Å². The summed E-state index contributed by atoms with van der Waals surface area (Å²) in [6.07, 6.45) is 1.54. The molecule has 0 saturated heterocycles. The van der Waals surface area contributed by atoms with Crippen LogP contribution in [0.5, 0.6) is 0 Å². The first-order valence-corrected chi connectivity index (χ1v) is 7.65. The van der Waals surface area contributed by atoms with Crippen molar-refractivity contribution in [3.63, 3.8) is 0 Å². The molecule has 21 heavy (non-hydrogen) atoms. The van der Waals surface area contributed by atoms with Crippen LogP contribution in [0, 0.1) is 6.92 Å². The van der Waals surface area contributed by atoms with Gasteiger partial charge in [-0.15, -0.1) is 0 Å². The second-order valence-electron chi connectivity index (χ2n) is 4.42. The Morgan fingerprint density at radius 1 is 1.05 bits per heavy atom. The summed E-state index contributed by atoms with van der Waals surface area (Å²) in [5, 5.41) is 0.588. The molecule has 0 bridgehead atoms. The van der Waals surface area contributed by atoms with Gasteiger partial charge in [0.25, 0.3) is 0 Å². The Kier molecular flexibility index (Phi) is 4.02. The van der Waals surface area contributed by atoms with Gasteiger partial charge in [-0.3, -0.25) is 0 Å². The molecule has 106 valence electrons. The highest BCUT2D eigenvalue weighted by Crippen LogP contribution is 2.37. The van der Waals surface area contributed by atoms with Crippen molar-refractivity contribution in [2.45, 2.75) is 6.92 Å². The van der Waals surface area contributed by atoms with E-state index >= 15 is 0 Å². The molecule has 0 unspecified atom stereocenters.